The average molecular weight is 210 g/mol. The van der Waals surface area contributed by atoms with Crippen LogP contribution in [0.4, 0.5) is 0 Å². The van der Waals surface area contributed by atoms with Gasteiger partial charge in [0, 0.05) is 6.42 Å². The number of aliphatic hydroxyl groups is 1. The Morgan fingerprint density at radius 2 is 2.00 bits per heavy atom. The number of methoxy groups -OCH3 is 1. The van der Waals surface area contributed by atoms with Crippen molar-refractivity contribution in [2.45, 2.75) is 18.9 Å². The van der Waals surface area contributed by atoms with Crippen molar-refractivity contribution in [1.82, 2.24) is 0 Å². The Hall–Kier alpha value is -1.55. The summed E-state index contributed by atoms with van der Waals surface area (Å²) in [4.78, 5) is 10.3. The third kappa shape index (κ3) is 3.59. The molecule has 4 heteroatoms. The van der Waals surface area contributed by atoms with Gasteiger partial charge in [-0.15, -0.1) is 0 Å². The molecule has 0 spiro atoms. The third-order valence-electron chi connectivity index (χ3n) is 2.13. The Balaban J connectivity index is 2.57. The molecule has 0 aliphatic rings. The number of aliphatic carboxylic acids is 1. The van der Waals surface area contributed by atoms with E-state index in [9.17, 15) is 9.90 Å². The van der Waals surface area contributed by atoms with Gasteiger partial charge in [0.1, 0.15) is 5.75 Å². The lowest BCUT2D eigenvalue weighted by Gasteiger charge is -2.09. The zero-order chi connectivity index (χ0) is 11.3. The van der Waals surface area contributed by atoms with Crippen LogP contribution in [0.1, 0.15) is 24.5 Å². The van der Waals surface area contributed by atoms with Crippen LogP contribution >= 0.6 is 0 Å². The fourth-order valence-corrected chi connectivity index (χ4v) is 1.25. The van der Waals surface area contributed by atoms with Gasteiger partial charge in [-0.05, 0) is 24.1 Å². The number of ether oxygens (including phenoxy) is 1. The first-order chi connectivity index (χ1) is 7.13. The number of carboxylic acids is 1. The highest BCUT2D eigenvalue weighted by Gasteiger charge is 2.09. The van der Waals surface area contributed by atoms with Gasteiger partial charge in [-0.3, -0.25) is 4.79 Å². The largest absolute Gasteiger partial charge is 0.497 e. The summed E-state index contributed by atoms with van der Waals surface area (Å²) in [5.41, 5.74) is 0.706. The minimum absolute atomic E-state index is 0.0345. The van der Waals surface area contributed by atoms with Crippen LogP contribution < -0.4 is 4.74 Å². The Bertz CT molecular complexity index is 318. The maximum atomic E-state index is 10.3. The summed E-state index contributed by atoms with van der Waals surface area (Å²) in [5.74, 6) is -0.188. The third-order valence-corrected chi connectivity index (χ3v) is 2.13. The van der Waals surface area contributed by atoms with Crippen molar-refractivity contribution in [2.75, 3.05) is 7.11 Å². The number of rotatable bonds is 5. The standard InChI is InChI=1S/C11H14O4/c1-15-9-4-2-8(3-5-9)10(12)6-7-11(13)14/h2-5,10,12H,6-7H2,1H3,(H,13,14)/t10-/m1/s1. The minimum Gasteiger partial charge on any atom is -0.497 e. The number of benzene rings is 1. The normalized spacial score (nSPS) is 12.1. The van der Waals surface area contributed by atoms with E-state index in [1.165, 1.54) is 0 Å². The van der Waals surface area contributed by atoms with E-state index in [0.29, 0.717) is 11.3 Å². The fraction of sp³-hybridized carbons (Fsp3) is 0.364. The lowest BCUT2D eigenvalue weighted by Crippen LogP contribution is -2.02. The summed E-state index contributed by atoms with van der Waals surface area (Å²) in [6.07, 6.45) is -0.540. The van der Waals surface area contributed by atoms with Crippen molar-refractivity contribution < 1.29 is 19.7 Å². The molecule has 0 heterocycles. The second-order valence-corrected chi connectivity index (χ2v) is 3.22. The number of carboxylic acid groups (broad SMARTS) is 1. The lowest BCUT2D eigenvalue weighted by molar-refractivity contribution is -0.137. The molecule has 0 aromatic heterocycles. The Morgan fingerprint density at radius 1 is 1.40 bits per heavy atom. The molecule has 1 atom stereocenters. The van der Waals surface area contributed by atoms with E-state index in [2.05, 4.69) is 0 Å². The number of aliphatic hydroxyl groups excluding tert-OH is 1. The average Bonchev–Trinajstić information content (AvgIpc) is 2.26. The van der Waals surface area contributed by atoms with Crippen LogP contribution in [0.15, 0.2) is 24.3 Å². The first kappa shape index (κ1) is 11.5. The zero-order valence-corrected chi connectivity index (χ0v) is 8.51. The van der Waals surface area contributed by atoms with E-state index in [4.69, 9.17) is 9.84 Å². The van der Waals surface area contributed by atoms with Crippen LogP contribution in [-0.2, 0) is 4.79 Å². The molecule has 0 fully saturated rings. The molecule has 1 aromatic rings. The van der Waals surface area contributed by atoms with E-state index >= 15 is 0 Å². The number of hydrogen-bond acceptors (Lipinski definition) is 3. The second-order valence-electron chi connectivity index (χ2n) is 3.22. The molecule has 0 radical (unpaired) electrons. The Kier molecular flexibility index (Phi) is 4.12. The molecule has 0 unspecified atom stereocenters. The van der Waals surface area contributed by atoms with Crippen molar-refractivity contribution >= 4 is 5.97 Å². The van der Waals surface area contributed by atoms with Gasteiger partial charge in [-0.1, -0.05) is 12.1 Å². The van der Waals surface area contributed by atoms with Gasteiger partial charge >= 0.3 is 5.97 Å². The summed E-state index contributed by atoms with van der Waals surface area (Å²) in [7, 11) is 1.57. The van der Waals surface area contributed by atoms with Gasteiger partial charge in [0.25, 0.3) is 0 Å². The molecule has 1 rings (SSSR count). The van der Waals surface area contributed by atoms with Crippen molar-refractivity contribution in [3.63, 3.8) is 0 Å². The number of carbonyl (C=O) groups is 1. The van der Waals surface area contributed by atoms with Gasteiger partial charge in [-0.25, -0.2) is 0 Å². The SMILES string of the molecule is COc1ccc([C@H](O)CCC(=O)O)cc1. The van der Waals surface area contributed by atoms with Crippen LogP contribution in [0.25, 0.3) is 0 Å². The van der Waals surface area contributed by atoms with Crippen LogP contribution in [0.3, 0.4) is 0 Å². The first-order valence-corrected chi connectivity index (χ1v) is 4.67. The fourth-order valence-electron chi connectivity index (χ4n) is 1.25. The van der Waals surface area contributed by atoms with Gasteiger partial charge in [0.15, 0.2) is 0 Å². The highest BCUT2D eigenvalue weighted by atomic mass is 16.5. The minimum atomic E-state index is -0.900. The molecule has 0 aliphatic carbocycles. The van der Waals surface area contributed by atoms with Crippen molar-refractivity contribution in [2.24, 2.45) is 0 Å². The summed E-state index contributed by atoms with van der Waals surface area (Å²) < 4.78 is 4.97. The van der Waals surface area contributed by atoms with Crippen molar-refractivity contribution in [1.29, 1.82) is 0 Å². The topological polar surface area (TPSA) is 66.8 Å². The van der Waals surface area contributed by atoms with Gasteiger partial charge in [0.05, 0.1) is 13.2 Å². The van der Waals surface area contributed by atoms with Gasteiger partial charge in [-0.2, -0.15) is 0 Å². The van der Waals surface area contributed by atoms with Crippen molar-refractivity contribution in [3.05, 3.63) is 29.8 Å². The van der Waals surface area contributed by atoms with E-state index in [0.717, 1.165) is 0 Å². The van der Waals surface area contributed by atoms with Gasteiger partial charge in [0.2, 0.25) is 0 Å². The molecule has 0 amide bonds. The van der Waals surface area contributed by atoms with E-state index in [1.807, 2.05) is 0 Å². The molecule has 0 bridgehead atoms. The van der Waals surface area contributed by atoms with Crippen LogP contribution in [-0.4, -0.2) is 23.3 Å². The summed E-state index contributed by atoms with van der Waals surface area (Å²) in [5, 5.41) is 18.1. The Labute approximate surface area is 88.1 Å². The lowest BCUT2D eigenvalue weighted by atomic mass is 10.1. The molecule has 2 N–H and O–H groups in total. The summed E-state index contributed by atoms with van der Waals surface area (Å²) in [6, 6.07) is 6.93. The molecule has 0 aliphatic heterocycles. The second kappa shape index (κ2) is 5.36. The van der Waals surface area contributed by atoms with E-state index in [1.54, 1.807) is 31.4 Å². The quantitative estimate of drug-likeness (QED) is 0.774. The molecule has 1 aromatic carbocycles. The van der Waals surface area contributed by atoms with Crippen LogP contribution in [0, 0.1) is 0 Å². The van der Waals surface area contributed by atoms with Crippen LogP contribution in [0.2, 0.25) is 0 Å². The highest BCUT2D eigenvalue weighted by Crippen LogP contribution is 2.20. The molecule has 4 nitrogen and oxygen atoms in total. The molecule has 82 valence electrons. The van der Waals surface area contributed by atoms with Gasteiger partial charge < -0.3 is 14.9 Å². The molecular formula is C11H14O4. The summed E-state index contributed by atoms with van der Waals surface area (Å²) in [6.45, 7) is 0. The monoisotopic (exact) mass is 210 g/mol. The smallest absolute Gasteiger partial charge is 0.303 e. The molecule has 0 saturated heterocycles. The maximum Gasteiger partial charge on any atom is 0.303 e. The predicted octanol–water partition coefficient (Wildman–Crippen LogP) is 1.59. The highest BCUT2D eigenvalue weighted by molar-refractivity contribution is 5.66. The summed E-state index contributed by atoms with van der Waals surface area (Å²) >= 11 is 0. The zero-order valence-electron chi connectivity index (χ0n) is 8.51. The maximum absolute atomic E-state index is 10.3. The molecular weight excluding hydrogens is 196 g/mol. The van der Waals surface area contributed by atoms with Crippen molar-refractivity contribution in [3.8, 4) is 5.75 Å². The predicted molar refractivity (Wildman–Crippen MR) is 54.8 cm³/mol. The van der Waals surface area contributed by atoms with E-state index in [-0.39, 0.29) is 12.8 Å². The molecule has 0 saturated carbocycles. The Morgan fingerprint density at radius 3 is 2.47 bits per heavy atom. The molecule has 15 heavy (non-hydrogen) atoms. The van der Waals surface area contributed by atoms with Crippen LogP contribution in [0.5, 0.6) is 5.75 Å². The first-order valence-electron chi connectivity index (χ1n) is 4.67. The van der Waals surface area contributed by atoms with E-state index < -0.39 is 12.1 Å². The number of hydrogen-bond donors (Lipinski definition) is 2.